The second-order valence-electron chi connectivity index (χ2n) is 1.04. The van der Waals surface area contributed by atoms with Crippen molar-refractivity contribution >= 4 is 29.9 Å². The Labute approximate surface area is 58.4 Å². The van der Waals surface area contributed by atoms with Gasteiger partial charge in [-0.3, -0.25) is 0 Å². The molecule has 0 N–H and O–H groups in total. The molecule has 0 spiro atoms. The second-order valence-corrected chi connectivity index (χ2v) is 2.09. The van der Waals surface area contributed by atoms with Crippen molar-refractivity contribution in [2.75, 3.05) is 12.5 Å². The van der Waals surface area contributed by atoms with Crippen LogP contribution in [-0.4, -0.2) is 18.4 Å². The van der Waals surface area contributed by atoms with Gasteiger partial charge in [0.05, 0.1) is 12.0 Å². The van der Waals surface area contributed by atoms with Crippen LogP contribution in [0.3, 0.4) is 0 Å². The highest BCUT2D eigenvalue weighted by Gasteiger charge is 1.84. The summed E-state index contributed by atoms with van der Waals surface area (Å²) in [6.07, 6.45) is 3.76. The normalized spacial score (nSPS) is 11.6. The van der Waals surface area contributed by atoms with Gasteiger partial charge in [-0.2, -0.15) is 4.40 Å². The van der Waals surface area contributed by atoms with E-state index in [2.05, 4.69) is 4.40 Å². The van der Waals surface area contributed by atoms with E-state index in [1.807, 2.05) is 19.4 Å². The summed E-state index contributed by atoms with van der Waals surface area (Å²) in [6, 6.07) is 0. The van der Waals surface area contributed by atoms with Gasteiger partial charge in [-0.25, -0.2) is 0 Å². The molecular weight excluding hydrogens is 142 g/mol. The monoisotopic (exact) mass is 151 g/mol. The number of hydrogen-bond donors (Lipinski definition) is 0. The Morgan fingerprint density at radius 1 is 1.50 bits per heavy atom. The van der Waals surface area contributed by atoms with Crippen molar-refractivity contribution in [1.82, 2.24) is 0 Å². The molecule has 0 aromatic heterocycles. The molecule has 0 amide bonds. The Kier molecular flexibility index (Phi) is 5.42. The lowest BCUT2D eigenvalue weighted by Gasteiger charge is -1.94. The van der Waals surface area contributed by atoms with E-state index in [0.717, 1.165) is 0 Å². The minimum Gasteiger partial charge on any atom is -0.410 e. The average molecular weight is 151 g/mol. The maximum Gasteiger partial charge on any atom is 0.207 e. The van der Waals surface area contributed by atoms with Crippen LogP contribution in [0.5, 0.6) is 0 Å². The van der Waals surface area contributed by atoms with Crippen LogP contribution >= 0.6 is 24.0 Å². The van der Waals surface area contributed by atoms with E-state index < -0.39 is 0 Å². The molecule has 4 heteroatoms. The quantitative estimate of drug-likeness (QED) is 0.261. The Balaban J connectivity index is 3.29. The first-order valence-electron chi connectivity index (χ1n) is 2.09. The standard InChI is InChI=1S/C4H9NOS2/c1-4(5-7-2)6-8-3/h1-3H3. The first kappa shape index (κ1) is 8.17. The fourth-order valence-electron chi connectivity index (χ4n) is 0.264. The molecule has 2 nitrogen and oxygen atoms in total. The highest BCUT2D eigenvalue weighted by Crippen LogP contribution is 2.01. The molecule has 0 unspecified atom stereocenters. The van der Waals surface area contributed by atoms with Crippen LogP contribution in [0.4, 0.5) is 0 Å². The van der Waals surface area contributed by atoms with Crippen molar-refractivity contribution in [2.45, 2.75) is 6.92 Å². The van der Waals surface area contributed by atoms with Crippen molar-refractivity contribution in [1.29, 1.82) is 0 Å². The van der Waals surface area contributed by atoms with Gasteiger partial charge in [0.15, 0.2) is 0 Å². The smallest absolute Gasteiger partial charge is 0.207 e. The van der Waals surface area contributed by atoms with E-state index in [1.54, 1.807) is 0 Å². The van der Waals surface area contributed by atoms with Crippen molar-refractivity contribution in [2.24, 2.45) is 4.40 Å². The van der Waals surface area contributed by atoms with E-state index in [0.29, 0.717) is 5.90 Å². The summed E-state index contributed by atoms with van der Waals surface area (Å²) in [6.45, 7) is 1.83. The van der Waals surface area contributed by atoms with Gasteiger partial charge >= 0.3 is 0 Å². The molecule has 0 rings (SSSR count). The van der Waals surface area contributed by atoms with Gasteiger partial charge in [-0.15, -0.1) is 0 Å². The molecule has 0 aromatic carbocycles. The summed E-state index contributed by atoms with van der Waals surface area (Å²) in [7, 11) is 0. The molecule has 8 heavy (non-hydrogen) atoms. The van der Waals surface area contributed by atoms with Crippen LogP contribution in [-0.2, 0) is 4.18 Å². The predicted molar refractivity (Wildman–Crippen MR) is 41.2 cm³/mol. The summed E-state index contributed by atoms with van der Waals surface area (Å²) in [5.74, 6) is 0.713. The Hall–Kier alpha value is 0.170. The van der Waals surface area contributed by atoms with Crippen LogP contribution in [0.15, 0.2) is 4.40 Å². The third-order valence-corrected chi connectivity index (χ3v) is 1.27. The van der Waals surface area contributed by atoms with Crippen LogP contribution < -0.4 is 0 Å². The second kappa shape index (κ2) is 5.31. The van der Waals surface area contributed by atoms with Crippen LogP contribution in [0.2, 0.25) is 0 Å². The van der Waals surface area contributed by atoms with E-state index in [4.69, 9.17) is 4.18 Å². The van der Waals surface area contributed by atoms with Crippen molar-refractivity contribution in [3.05, 3.63) is 0 Å². The maximum atomic E-state index is 4.93. The lowest BCUT2D eigenvalue weighted by molar-refractivity contribution is 0.647. The van der Waals surface area contributed by atoms with Crippen molar-refractivity contribution in [3.63, 3.8) is 0 Å². The topological polar surface area (TPSA) is 21.6 Å². The van der Waals surface area contributed by atoms with Gasteiger partial charge in [-0.05, 0) is 11.9 Å². The van der Waals surface area contributed by atoms with Gasteiger partial charge in [0.1, 0.15) is 0 Å². The van der Waals surface area contributed by atoms with Crippen molar-refractivity contribution < 1.29 is 4.18 Å². The van der Waals surface area contributed by atoms with E-state index >= 15 is 0 Å². The van der Waals surface area contributed by atoms with Gasteiger partial charge in [0.25, 0.3) is 0 Å². The lowest BCUT2D eigenvalue weighted by atomic mass is 10.8. The zero-order chi connectivity index (χ0) is 6.41. The number of nitrogens with zero attached hydrogens (tertiary/aromatic N) is 1. The summed E-state index contributed by atoms with van der Waals surface area (Å²) in [5.41, 5.74) is 0. The molecule has 0 atom stereocenters. The lowest BCUT2D eigenvalue weighted by Crippen LogP contribution is -1.87. The number of rotatable bonds is 2. The molecule has 0 aliphatic carbocycles. The van der Waals surface area contributed by atoms with Crippen molar-refractivity contribution in [3.8, 4) is 0 Å². The molecular formula is C4H9NOS2. The molecule has 0 bridgehead atoms. The predicted octanol–water partition coefficient (Wildman–Crippen LogP) is 1.98. The molecule has 0 saturated carbocycles. The first-order valence-corrected chi connectivity index (χ1v) is 4.42. The zero-order valence-electron chi connectivity index (χ0n) is 5.17. The maximum absolute atomic E-state index is 4.93. The summed E-state index contributed by atoms with van der Waals surface area (Å²) >= 11 is 2.70. The Bertz CT molecular complexity index is 84.1. The summed E-state index contributed by atoms with van der Waals surface area (Å²) < 4.78 is 8.83. The van der Waals surface area contributed by atoms with Crippen LogP contribution in [0.1, 0.15) is 6.92 Å². The molecule has 0 aromatic rings. The third kappa shape index (κ3) is 4.33. The molecule has 0 radical (unpaired) electrons. The fraction of sp³-hybridized carbons (Fsp3) is 0.750. The van der Waals surface area contributed by atoms with E-state index in [1.165, 1.54) is 24.0 Å². The minimum absolute atomic E-state index is 0.713. The zero-order valence-corrected chi connectivity index (χ0v) is 6.80. The summed E-state index contributed by atoms with van der Waals surface area (Å²) in [5, 5.41) is 0. The minimum atomic E-state index is 0.713. The third-order valence-electron chi connectivity index (χ3n) is 0.424. The Morgan fingerprint density at radius 2 is 2.12 bits per heavy atom. The Morgan fingerprint density at radius 3 is 2.50 bits per heavy atom. The average Bonchev–Trinajstić information content (AvgIpc) is 1.68. The van der Waals surface area contributed by atoms with Gasteiger partial charge < -0.3 is 4.18 Å². The molecule has 0 saturated heterocycles. The first-order chi connectivity index (χ1) is 3.81. The number of hydrogen-bond acceptors (Lipinski definition) is 4. The van der Waals surface area contributed by atoms with Gasteiger partial charge in [0.2, 0.25) is 5.90 Å². The van der Waals surface area contributed by atoms with E-state index in [-0.39, 0.29) is 0 Å². The summed E-state index contributed by atoms with van der Waals surface area (Å²) in [4.78, 5) is 0. The van der Waals surface area contributed by atoms with Crippen LogP contribution in [0.25, 0.3) is 0 Å². The highest BCUT2D eigenvalue weighted by molar-refractivity contribution is 7.97. The highest BCUT2D eigenvalue weighted by atomic mass is 32.2. The molecule has 48 valence electrons. The van der Waals surface area contributed by atoms with E-state index in [9.17, 15) is 0 Å². The largest absolute Gasteiger partial charge is 0.410 e. The SMILES string of the molecule is CSN=C(C)OSC. The molecule has 0 fully saturated rings. The van der Waals surface area contributed by atoms with Gasteiger partial charge in [0, 0.05) is 19.4 Å². The van der Waals surface area contributed by atoms with Gasteiger partial charge in [-0.1, -0.05) is 0 Å². The molecule has 0 aliphatic heterocycles. The fourth-order valence-corrected chi connectivity index (χ4v) is 0.884. The van der Waals surface area contributed by atoms with Crippen LogP contribution in [0, 0.1) is 0 Å². The molecule has 0 heterocycles. The molecule has 0 aliphatic rings.